The molecule has 0 radical (unpaired) electrons. The van der Waals surface area contributed by atoms with Crippen LogP contribution < -0.4 is 0 Å². The first-order valence-electron chi connectivity index (χ1n) is 6.17. The van der Waals surface area contributed by atoms with Gasteiger partial charge in [-0.2, -0.15) is 0 Å². The van der Waals surface area contributed by atoms with Crippen LogP contribution in [0.2, 0.25) is 0 Å². The predicted molar refractivity (Wildman–Crippen MR) is 86.4 cm³/mol. The summed E-state index contributed by atoms with van der Waals surface area (Å²) in [7, 11) is 0. The van der Waals surface area contributed by atoms with E-state index in [4.69, 9.17) is 23.2 Å². The molecule has 1 nitrogen and oxygen atoms in total. The Balaban J connectivity index is 3.19. The highest BCUT2D eigenvalue weighted by molar-refractivity contribution is 6.48. The minimum atomic E-state index is 0.679. The lowest BCUT2D eigenvalue weighted by Crippen LogP contribution is -1.93. The van der Waals surface area contributed by atoms with Crippen molar-refractivity contribution >= 4 is 33.8 Å². The molecule has 0 spiro atoms. The Labute approximate surface area is 125 Å². The smallest absolute Gasteiger partial charge is 0.0842 e. The van der Waals surface area contributed by atoms with Gasteiger partial charge < -0.3 is 0 Å². The van der Waals surface area contributed by atoms with Gasteiger partial charge >= 0.3 is 0 Å². The molecule has 0 aliphatic heterocycles. The first-order chi connectivity index (χ1) is 8.86. The van der Waals surface area contributed by atoms with E-state index in [9.17, 15) is 0 Å². The summed E-state index contributed by atoms with van der Waals surface area (Å²) in [6.45, 7) is 9.85. The molecule has 0 bridgehead atoms. The molecular formula is C16H19Cl2N. The van der Waals surface area contributed by atoms with Crippen LogP contribution in [0.25, 0.3) is 10.6 Å². The van der Waals surface area contributed by atoms with Gasteiger partial charge in [-0.25, -0.2) is 0 Å². The SMILES string of the molecule is C/C=C(/Cl)c1ncc(/C(C)=C/C(C)=C(\C)Cl)cc1C. The molecule has 0 N–H and O–H groups in total. The van der Waals surface area contributed by atoms with E-state index < -0.39 is 0 Å². The molecule has 0 aliphatic carbocycles. The summed E-state index contributed by atoms with van der Waals surface area (Å²) in [5.74, 6) is 0. The van der Waals surface area contributed by atoms with Crippen LogP contribution in [0.15, 0.2) is 35.0 Å². The van der Waals surface area contributed by atoms with E-state index in [1.165, 1.54) is 0 Å². The zero-order chi connectivity index (χ0) is 14.6. The number of aryl methyl sites for hydroxylation is 1. The Morgan fingerprint density at radius 1 is 1.21 bits per heavy atom. The van der Waals surface area contributed by atoms with Crippen LogP contribution in [-0.4, -0.2) is 4.98 Å². The van der Waals surface area contributed by atoms with E-state index in [-0.39, 0.29) is 0 Å². The Morgan fingerprint density at radius 2 is 1.84 bits per heavy atom. The molecule has 0 atom stereocenters. The third-order valence-electron chi connectivity index (χ3n) is 2.99. The van der Waals surface area contributed by atoms with Gasteiger partial charge in [0.05, 0.1) is 10.7 Å². The van der Waals surface area contributed by atoms with Gasteiger partial charge in [-0.1, -0.05) is 35.4 Å². The summed E-state index contributed by atoms with van der Waals surface area (Å²) < 4.78 is 0. The summed E-state index contributed by atoms with van der Waals surface area (Å²) in [4.78, 5) is 4.43. The maximum Gasteiger partial charge on any atom is 0.0842 e. The van der Waals surface area contributed by atoms with E-state index in [0.717, 1.165) is 33.0 Å². The molecule has 0 amide bonds. The minimum absolute atomic E-state index is 0.679. The summed E-state index contributed by atoms with van der Waals surface area (Å²) in [5.41, 5.74) is 5.18. The van der Waals surface area contributed by atoms with E-state index >= 15 is 0 Å². The monoisotopic (exact) mass is 295 g/mol. The molecule has 3 heteroatoms. The second-order valence-corrected chi connectivity index (χ2v) is 5.54. The summed E-state index contributed by atoms with van der Waals surface area (Å²) in [6.07, 6.45) is 5.76. The van der Waals surface area contributed by atoms with Crippen molar-refractivity contribution in [3.8, 4) is 0 Å². The van der Waals surface area contributed by atoms with E-state index in [1.807, 2.05) is 40.0 Å². The van der Waals surface area contributed by atoms with Gasteiger partial charge in [-0.05, 0) is 63.0 Å². The zero-order valence-corrected chi connectivity index (χ0v) is 13.5. The number of rotatable bonds is 3. The standard InChI is InChI=1S/C16H19Cl2N/c1-6-15(18)16-12(4)8-14(9-19-16)11(3)7-10(2)13(5)17/h6-9H,1-5H3/b11-7+,13-10+,15-6+. The molecule has 19 heavy (non-hydrogen) atoms. The molecule has 1 rings (SSSR count). The normalized spacial score (nSPS) is 14.5. The van der Waals surface area contributed by atoms with Crippen molar-refractivity contribution in [2.45, 2.75) is 34.6 Å². The lowest BCUT2D eigenvalue weighted by Gasteiger charge is -2.08. The number of pyridine rings is 1. The Hall–Kier alpha value is -1.05. The number of hydrogen-bond acceptors (Lipinski definition) is 1. The zero-order valence-electron chi connectivity index (χ0n) is 12.0. The topological polar surface area (TPSA) is 12.9 Å². The summed E-state index contributed by atoms with van der Waals surface area (Å²) in [6, 6.07) is 2.09. The molecule has 0 aliphatic rings. The molecule has 0 unspecified atom stereocenters. The van der Waals surface area contributed by atoms with Crippen LogP contribution in [0.1, 0.15) is 44.5 Å². The van der Waals surface area contributed by atoms with Crippen LogP contribution in [-0.2, 0) is 0 Å². The molecule has 1 heterocycles. The first-order valence-corrected chi connectivity index (χ1v) is 6.93. The average Bonchev–Trinajstić information content (AvgIpc) is 2.37. The molecule has 0 fully saturated rings. The molecule has 102 valence electrons. The molecule has 0 aromatic carbocycles. The van der Waals surface area contributed by atoms with Crippen LogP contribution in [0.4, 0.5) is 0 Å². The molecule has 1 aromatic heterocycles. The van der Waals surface area contributed by atoms with E-state index in [2.05, 4.69) is 24.1 Å². The molecule has 0 saturated heterocycles. The van der Waals surface area contributed by atoms with Gasteiger partial charge in [0.1, 0.15) is 0 Å². The fourth-order valence-corrected chi connectivity index (χ4v) is 1.94. The van der Waals surface area contributed by atoms with Crippen molar-refractivity contribution in [3.63, 3.8) is 0 Å². The van der Waals surface area contributed by atoms with Crippen LogP contribution >= 0.6 is 23.2 Å². The van der Waals surface area contributed by atoms with Crippen molar-refractivity contribution in [1.82, 2.24) is 4.98 Å². The lowest BCUT2D eigenvalue weighted by molar-refractivity contribution is 1.21. The van der Waals surface area contributed by atoms with Crippen molar-refractivity contribution in [1.29, 1.82) is 0 Å². The van der Waals surface area contributed by atoms with Gasteiger partial charge in [0.2, 0.25) is 0 Å². The highest BCUT2D eigenvalue weighted by atomic mass is 35.5. The van der Waals surface area contributed by atoms with Crippen LogP contribution in [0.3, 0.4) is 0 Å². The number of aromatic nitrogens is 1. The van der Waals surface area contributed by atoms with Gasteiger partial charge in [0.15, 0.2) is 0 Å². The number of nitrogens with zero attached hydrogens (tertiary/aromatic N) is 1. The fraction of sp³-hybridized carbons (Fsp3) is 0.312. The summed E-state index contributed by atoms with van der Waals surface area (Å²) in [5, 5.41) is 1.48. The molecule has 0 saturated carbocycles. The maximum absolute atomic E-state index is 6.11. The van der Waals surface area contributed by atoms with Crippen molar-refractivity contribution in [2.24, 2.45) is 0 Å². The Kier molecular flexibility index (Phi) is 5.84. The van der Waals surface area contributed by atoms with Gasteiger partial charge in [0.25, 0.3) is 0 Å². The molecular weight excluding hydrogens is 277 g/mol. The number of halogens is 2. The van der Waals surface area contributed by atoms with Crippen molar-refractivity contribution in [3.05, 3.63) is 51.8 Å². The van der Waals surface area contributed by atoms with Gasteiger partial charge in [-0.3, -0.25) is 4.98 Å². The van der Waals surface area contributed by atoms with Crippen LogP contribution in [0.5, 0.6) is 0 Å². The second kappa shape index (κ2) is 6.93. The Morgan fingerprint density at radius 3 is 2.32 bits per heavy atom. The van der Waals surface area contributed by atoms with Crippen molar-refractivity contribution in [2.75, 3.05) is 0 Å². The Bertz CT molecular complexity index is 562. The van der Waals surface area contributed by atoms with Gasteiger partial charge in [-0.15, -0.1) is 0 Å². The highest BCUT2D eigenvalue weighted by Crippen LogP contribution is 2.24. The highest BCUT2D eigenvalue weighted by Gasteiger charge is 2.06. The van der Waals surface area contributed by atoms with Gasteiger partial charge in [0, 0.05) is 11.2 Å². The average molecular weight is 296 g/mol. The van der Waals surface area contributed by atoms with Crippen LogP contribution in [0, 0.1) is 6.92 Å². The lowest BCUT2D eigenvalue weighted by atomic mass is 10.0. The van der Waals surface area contributed by atoms with E-state index in [0.29, 0.717) is 5.03 Å². The minimum Gasteiger partial charge on any atom is -0.254 e. The third-order valence-corrected chi connectivity index (χ3v) is 3.68. The maximum atomic E-state index is 6.11. The third kappa shape index (κ3) is 4.22. The predicted octanol–water partition coefficient (Wildman–Crippen LogP) is 5.93. The largest absolute Gasteiger partial charge is 0.254 e. The van der Waals surface area contributed by atoms with E-state index in [1.54, 1.807) is 0 Å². The second-order valence-electron chi connectivity index (χ2n) is 4.57. The first kappa shape index (κ1) is 16.0. The number of hydrogen-bond donors (Lipinski definition) is 0. The van der Waals surface area contributed by atoms with Crippen molar-refractivity contribution < 1.29 is 0 Å². The fourth-order valence-electron chi connectivity index (χ4n) is 1.68. The quantitative estimate of drug-likeness (QED) is 0.630. The number of allylic oxidation sites excluding steroid dienone is 5. The molecule has 1 aromatic rings. The summed E-state index contributed by atoms with van der Waals surface area (Å²) >= 11 is 12.1.